The predicted molar refractivity (Wildman–Crippen MR) is 85.7 cm³/mol. The molecule has 0 saturated carbocycles. The summed E-state index contributed by atoms with van der Waals surface area (Å²) in [6, 6.07) is 3.02. The first kappa shape index (κ1) is 16.1. The van der Waals surface area contributed by atoms with Gasteiger partial charge in [-0.1, -0.05) is 26.1 Å². The van der Waals surface area contributed by atoms with E-state index in [4.69, 9.17) is 18.0 Å². The molecule has 1 aliphatic heterocycles. The van der Waals surface area contributed by atoms with Crippen molar-refractivity contribution >= 4 is 22.9 Å². The summed E-state index contributed by atoms with van der Waals surface area (Å²) in [7, 11) is 0. The molecule has 2 N–H and O–H groups in total. The first-order valence-corrected chi connectivity index (χ1v) is 7.56. The van der Waals surface area contributed by atoms with E-state index in [2.05, 4.69) is 18.7 Å². The van der Waals surface area contributed by atoms with Crippen LogP contribution in [0.2, 0.25) is 0 Å². The van der Waals surface area contributed by atoms with Gasteiger partial charge in [0.15, 0.2) is 11.6 Å². The highest BCUT2D eigenvalue weighted by atomic mass is 32.1. The Hall–Kier alpha value is -1.27. The van der Waals surface area contributed by atoms with Gasteiger partial charge in [-0.15, -0.1) is 0 Å². The number of nitrogens with zero attached hydrogens (tertiary/aromatic N) is 2. The van der Waals surface area contributed by atoms with Crippen molar-refractivity contribution in [2.45, 2.75) is 13.8 Å². The van der Waals surface area contributed by atoms with Crippen LogP contribution in [-0.4, -0.2) is 42.6 Å². The highest BCUT2D eigenvalue weighted by molar-refractivity contribution is 7.80. The average Bonchev–Trinajstić information content (AvgIpc) is 2.42. The van der Waals surface area contributed by atoms with Crippen molar-refractivity contribution in [1.29, 1.82) is 0 Å². The molecule has 21 heavy (non-hydrogen) atoms. The van der Waals surface area contributed by atoms with Gasteiger partial charge in [-0.3, -0.25) is 4.90 Å². The molecule has 6 heteroatoms. The molecule has 116 valence electrons. The molecule has 1 aliphatic rings. The zero-order valence-electron chi connectivity index (χ0n) is 12.4. The van der Waals surface area contributed by atoms with E-state index in [1.165, 1.54) is 6.07 Å². The van der Waals surface area contributed by atoms with Gasteiger partial charge in [0.25, 0.3) is 0 Å². The lowest BCUT2D eigenvalue weighted by molar-refractivity contribution is 0.230. The van der Waals surface area contributed by atoms with Gasteiger partial charge in [-0.25, -0.2) is 8.78 Å². The molecular formula is C15H21F2N3S. The van der Waals surface area contributed by atoms with E-state index >= 15 is 0 Å². The molecule has 1 fully saturated rings. The van der Waals surface area contributed by atoms with Crippen LogP contribution in [0.3, 0.4) is 0 Å². The summed E-state index contributed by atoms with van der Waals surface area (Å²) in [5.74, 6) is -1.21. The van der Waals surface area contributed by atoms with Crippen molar-refractivity contribution in [3.63, 3.8) is 0 Å². The fraction of sp³-hybridized carbons (Fsp3) is 0.533. The first-order valence-electron chi connectivity index (χ1n) is 7.15. The minimum Gasteiger partial charge on any atom is -0.389 e. The minimum atomic E-state index is -0.954. The zero-order valence-corrected chi connectivity index (χ0v) is 13.2. The van der Waals surface area contributed by atoms with E-state index in [9.17, 15) is 8.78 Å². The number of nitrogens with two attached hydrogens (primary N) is 1. The first-order chi connectivity index (χ1) is 9.90. The number of halogens is 2. The van der Waals surface area contributed by atoms with Crippen LogP contribution in [0, 0.1) is 17.6 Å². The molecule has 2 rings (SSSR count). The molecule has 0 atom stereocenters. The molecule has 3 nitrogen and oxygen atoms in total. The molecule has 0 aliphatic carbocycles. The second-order valence-corrected chi connectivity index (χ2v) is 6.25. The highest BCUT2D eigenvalue weighted by Crippen LogP contribution is 2.25. The monoisotopic (exact) mass is 313 g/mol. The Morgan fingerprint density at radius 2 is 1.81 bits per heavy atom. The molecule has 1 aromatic rings. The Morgan fingerprint density at radius 1 is 1.19 bits per heavy atom. The maximum Gasteiger partial charge on any atom is 0.182 e. The molecule has 1 aromatic carbocycles. The lowest BCUT2D eigenvalue weighted by atomic mass is 10.1. The van der Waals surface area contributed by atoms with Crippen LogP contribution in [-0.2, 0) is 0 Å². The SMILES string of the molecule is CC(C)CN1CCN(c2ccc(C(N)=S)c(F)c2F)CC1. The maximum absolute atomic E-state index is 14.2. The van der Waals surface area contributed by atoms with Crippen molar-refractivity contribution in [3.8, 4) is 0 Å². The van der Waals surface area contributed by atoms with Crippen molar-refractivity contribution in [2.75, 3.05) is 37.6 Å². The lowest BCUT2D eigenvalue weighted by Gasteiger charge is -2.37. The van der Waals surface area contributed by atoms with Crippen LogP contribution >= 0.6 is 12.2 Å². The lowest BCUT2D eigenvalue weighted by Crippen LogP contribution is -2.47. The number of thiocarbonyl (C=S) groups is 1. The van der Waals surface area contributed by atoms with E-state index in [1.807, 2.05) is 4.90 Å². The number of piperazine rings is 1. The number of rotatable bonds is 4. The van der Waals surface area contributed by atoms with Crippen molar-refractivity contribution in [2.24, 2.45) is 11.7 Å². The summed E-state index contributed by atoms with van der Waals surface area (Å²) in [5.41, 5.74) is 5.63. The summed E-state index contributed by atoms with van der Waals surface area (Å²) in [5, 5.41) is 0. The summed E-state index contributed by atoms with van der Waals surface area (Å²) in [6.45, 7) is 8.48. The molecule has 0 bridgehead atoms. The predicted octanol–water partition coefficient (Wildman–Crippen LogP) is 2.38. The van der Waals surface area contributed by atoms with Gasteiger partial charge in [0, 0.05) is 38.3 Å². The van der Waals surface area contributed by atoms with Crippen LogP contribution in [0.15, 0.2) is 12.1 Å². The van der Waals surface area contributed by atoms with Crippen molar-refractivity contribution in [3.05, 3.63) is 29.3 Å². The second kappa shape index (κ2) is 6.66. The molecular weight excluding hydrogens is 292 g/mol. The summed E-state index contributed by atoms with van der Waals surface area (Å²) >= 11 is 4.72. The second-order valence-electron chi connectivity index (χ2n) is 5.81. The largest absolute Gasteiger partial charge is 0.389 e. The van der Waals surface area contributed by atoms with Gasteiger partial charge in [-0.05, 0) is 18.1 Å². The van der Waals surface area contributed by atoms with Gasteiger partial charge in [0.1, 0.15) is 4.99 Å². The fourth-order valence-electron chi connectivity index (χ4n) is 2.66. The van der Waals surface area contributed by atoms with Crippen LogP contribution in [0.5, 0.6) is 0 Å². The highest BCUT2D eigenvalue weighted by Gasteiger charge is 2.23. The Balaban J connectivity index is 2.10. The minimum absolute atomic E-state index is 0.0373. The van der Waals surface area contributed by atoms with Crippen LogP contribution in [0.4, 0.5) is 14.5 Å². The molecule has 0 amide bonds. The smallest absolute Gasteiger partial charge is 0.182 e. The van der Waals surface area contributed by atoms with Gasteiger partial charge in [0.2, 0.25) is 0 Å². The quantitative estimate of drug-likeness (QED) is 0.865. The fourth-order valence-corrected chi connectivity index (χ4v) is 2.82. The normalized spacial score (nSPS) is 16.5. The third-order valence-corrected chi connectivity index (χ3v) is 3.88. The van der Waals surface area contributed by atoms with Gasteiger partial charge in [-0.2, -0.15) is 0 Å². The van der Waals surface area contributed by atoms with Crippen molar-refractivity contribution < 1.29 is 8.78 Å². The third-order valence-electron chi connectivity index (χ3n) is 3.66. The molecule has 0 spiro atoms. The van der Waals surface area contributed by atoms with E-state index in [0.717, 1.165) is 19.6 Å². The van der Waals surface area contributed by atoms with E-state index in [1.54, 1.807) is 6.07 Å². The Kier molecular flexibility index (Phi) is 5.11. The third kappa shape index (κ3) is 3.68. The number of hydrogen-bond donors (Lipinski definition) is 1. The van der Waals surface area contributed by atoms with Crippen LogP contribution in [0.1, 0.15) is 19.4 Å². The van der Waals surface area contributed by atoms with E-state index in [0.29, 0.717) is 19.0 Å². The van der Waals surface area contributed by atoms with Crippen molar-refractivity contribution in [1.82, 2.24) is 4.90 Å². The Morgan fingerprint density at radius 3 is 2.33 bits per heavy atom. The molecule has 0 aromatic heterocycles. The van der Waals surface area contributed by atoms with Crippen LogP contribution in [0.25, 0.3) is 0 Å². The average molecular weight is 313 g/mol. The molecule has 1 saturated heterocycles. The summed E-state index contributed by atoms with van der Waals surface area (Å²) in [6.07, 6.45) is 0. The van der Waals surface area contributed by atoms with Gasteiger partial charge < -0.3 is 10.6 Å². The summed E-state index contributed by atoms with van der Waals surface area (Å²) < 4.78 is 28.1. The Bertz CT molecular complexity index is 526. The van der Waals surface area contributed by atoms with E-state index in [-0.39, 0.29) is 16.2 Å². The number of benzene rings is 1. The van der Waals surface area contributed by atoms with Gasteiger partial charge >= 0.3 is 0 Å². The number of hydrogen-bond acceptors (Lipinski definition) is 3. The van der Waals surface area contributed by atoms with E-state index < -0.39 is 11.6 Å². The molecule has 0 unspecified atom stereocenters. The standard InChI is InChI=1S/C15H21F2N3S/c1-10(2)9-19-5-7-20(8-6-19)12-4-3-11(15(18)21)13(16)14(12)17/h3-4,10H,5-9H2,1-2H3,(H2,18,21). The zero-order chi connectivity index (χ0) is 15.6. The summed E-state index contributed by atoms with van der Waals surface area (Å²) in [4.78, 5) is 4.09. The number of anilines is 1. The van der Waals surface area contributed by atoms with Crippen LogP contribution < -0.4 is 10.6 Å². The molecule has 0 radical (unpaired) electrons. The molecule has 1 heterocycles. The van der Waals surface area contributed by atoms with Gasteiger partial charge in [0.05, 0.1) is 5.69 Å². The topological polar surface area (TPSA) is 32.5 Å². The Labute approximate surface area is 129 Å². The maximum atomic E-state index is 14.2.